The van der Waals surface area contributed by atoms with Gasteiger partial charge in [0, 0.05) is 5.56 Å². The second kappa shape index (κ2) is 4.65. The minimum atomic E-state index is -4.97. The van der Waals surface area contributed by atoms with Crippen molar-refractivity contribution in [1.29, 1.82) is 0 Å². The van der Waals surface area contributed by atoms with Gasteiger partial charge in [0.05, 0.1) is 11.1 Å². The molecule has 9 heteroatoms. The Labute approximate surface area is 112 Å². The van der Waals surface area contributed by atoms with E-state index in [0.29, 0.717) is 12.1 Å². The molecule has 0 spiro atoms. The maximum Gasteiger partial charge on any atom is 0.416 e. The Kier molecular flexibility index (Phi) is 4.06. The summed E-state index contributed by atoms with van der Waals surface area (Å²) < 4.78 is 72.2. The fraction of sp³-hybridized carbons (Fsp3) is 0.333. The Morgan fingerprint density at radius 2 is 0.889 bits per heavy atom. The van der Waals surface area contributed by atoms with Gasteiger partial charge in [0.1, 0.15) is 0 Å². The maximum atomic E-state index is 12.4. The molecule has 1 aromatic rings. The summed E-state index contributed by atoms with van der Waals surface area (Å²) in [6, 6.07) is 0.685. The molecule has 0 nitrogen and oxygen atoms in total. The van der Waals surface area contributed by atoms with Crippen molar-refractivity contribution in [1.82, 2.24) is 0 Å². The molecule has 18 heavy (non-hydrogen) atoms. The quantitative estimate of drug-likeness (QED) is 0.432. The molecular formula is C9H3Cl3F6. The molecule has 1 rings (SSSR count). The molecule has 0 saturated heterocycles. The summed E-state index contributed by atoms with van der Waals surface area (Å²) in [5.74, 6) is 0. The lowest BCUT2D eigenvalue weighted by molar-refractivity contribution is -0.143. The van der Waals surface area contributed by atoms with Gasteiger partial charge in [-0.1, -0.05) is 34.8 Å². The van der Waals surface area contributed by atoms with Crippen LogP contribution in [0.1, 0.15) is 16.7 Å². The molecule has 0 radical (unpaired) electrons. The van der Waals surface area contributed by atoms with E-state index in [1.165, 1.54) is 0 Å². The molecule has 0 atom stereocenters. The van der Waals surface area contributed by atoms with Crippen LogP contribution in [0.3, 0.4) is 0 Å². The zero-order valence-corrected chi connectivity index (χ0v) is 10.4. The van der Waals surface area contributed by atoms with Gasteiger partial charge in [-0.15, -0.1) is 0 Å². The molecule has 0 aliphatic heterocycles. The van der Waals surface area contributed by atoms with Gasteiger partial charge in [-0.3, -0.25) is 0 Å². The van der Waals surface area contributed by atoms with Crippen LogP contribution in [-0.2, 0) is 16.1 Å². The van der Waals surface area contributed by atoms with Gasteiger partial charge in [0.25, 0.3) is 0 Å². The van der Waals surface area contributed by atoms with Crippen molar-refractivity contribution in [3.63, 3.8) is 0 Å². The van der Waals surface area contributed by atoms with Crippen molar-refractivity contribution in [3.8, 4) is 0 Å². The maximum absolute atomic E-state index is 12.4. The van der Waals surface area contributed by atoms with Crippen LogP contribution < -0.4 is 0 Å². The van der Waals surface area contributed by atoms with Gasteiger partial charge in [-0.05, 0) is 18.2 Å². The second-order valence-electron chi connectivity index (χ2n) is 3.29. The average Bonchev–Trinajstić information content (AvgIpc) is 2.13. The van der Waals surface area contributed by atoms with E-state index in [9.17, 15) is 26.3 Å². The average molecular weight is 331 g/mol. The summed E-state index contributed by atoms with van der Waals surface area (Å²) in [4.78, 5) is 0. The topological polar surface area (TPSA) is 0 Å². The standard InChI is InChI=1S/C9H3Cl3F6/c10-7(11,12)4-1-5(8(13,14)15)3-6(2-4)9(16,17)18/h1-3H. The first-order chi connectivity index (χ1) is 7.82. The van der Waals surface area contributed by atoms with E-state index < -0.39 is 32.8 Å². The molecule has 0 saturated carbocycles. The van der Waals surface area contributed by atoms with Crippen molar-refractivity contribution in [3.05, 3.63) is 34.9 Å². The lowest BCUT2D eigenvalue weighted by atomic mass is 10.1. The molecule has 0 unspecified atom stereocenters. The molecule has 0 aliphatic carbocycles. The van der Waals surface area contributed by atoms with E-state index in [4.69, 9.17) is 34.8 Å². The van der Waals surface area contributed by atoms with Crippen LogP contribution in [-0.4, -0.2) is 0 Å². The summed E-state index contributed by atoms with van der Waals surface area (Å²) in [5.41, 5.74) is -3.76. The van der Waals surface area contributed by atoms with Crippen LogP contribution >= 0.6 is 34.8 Å². The summed E-state index contributed by atoms with van der Waals surface area (Å²) >= 11 is 15.9. The van der Waals surface area contributed by atoms with Crippen molar-refractivity contribution in [2.45, 2.75) is 16.1 Å². The minimum Gasteiger partial charge on any atom is -0.166 e. The van der Waals surface area contributed by atoms with Crippen molar-refractivity contribution in [2.24, 2.45) is 0 Å². The second-order valence-corrected chi connectivity index (χ2v) is 5.57. The molecule has 0 N–H and O–H groups in total. The highest BCUT2D eigenvalue weighted by Crippen LogP contribution is 2.43. The van der Waals surface area contributed by atoms with Gasteiger partial charge in [0.2, 0.25) is 3.79 Å². The largest absolute Gasteiger partial charge is 0.416 e. The van der Waals surface area contributed by atoms with Gasteiger partial charge < -0.3 is 0 Å². The van der Waals surface area contributed by atoms with Crippen LogP contribution in [0, 0.1) is 0 Å². The van der Waals surface area contributed by atoms with Gasteiger partial charge in [-0.2, -0.15) is 26.3 Å². The smallest absolute Gasteiger partial charge is 0.166 e. The number of alkyl halides is 9. The number of halogens is 9. The zero-order chi connectivity index (χ0) is 14.4. The van der Waals surface area contributed by atoms with E-state index in [-0.39, 0.29) is 6.07 Å². The Bertz CT molecular complexity index is 364. The first-order valence-corrected chi connectivity index (χ1v) is 5.32. The predicted octanol–water partition coefficient (Wildman–Crippen LogP) is 5.55. The normalized spacial score (nSPS) is 13.8. The predicted molar refractivity (Wildman–Crippen MR) is 55.7 cm³/mol. The Hall–Kier alpha value is -0.330. The fourth-order valence-electron chi connectivity index (χ4n) is 1.12. The minimum absolute atomic E-state index is 0.0418. The lowest BCUT2D eigenvalue weighted by Crippen LogP contribution is -2.14. The zero-order valence-electron chi connectivity index (χ0n) is 8.13. The van der Waals surface area contributed by atoms with E-state index in [2.05, 4.69) is 0 Å². The molecule has 0 fully saturated rings. The lowest BCUT2D eigenvalue weighted by Gasteiger charge is -2.17. The molecule has 1 aromatic carbocycles. The molecule has 0 bridgehead atoms. The fourth-order valence-corrected chi connectivity index (χ4v) is 1.45. The van der Waals surface area contributed by atoms with Crippen molar-refractivity contribution < 1.29 is 26.3 Å². The molecule has 0 aliphatic rings. The summed E-state index contributed by atoms with van der Waals surface area (Å²) in [7, 11) is 0. The van der Waals surface area contributed by atoms with Crippen LogP contribution in [0.4, 0.5) is 26.3 Å². The van der Waals surface area contributed by atoms with Crippen LogP contribution in [0.5, 0.6) is 0 Å². The van der Waals surface area contributed by atoms with Crippen LogP contribution in [0.2, 0.25) is 0 Å². The SMILES string of the molecule is FC(F)(F)c1cc(C(F)(F)F)cc(C(Cl)(Cl)Cl)c1. The molecule has 102 valence electrons. The summed E-state index contributed by atoms with van der Waals surface area (Å²) in [6.07, 6.45) is -9.93. The third kappa shape index (κ3) is 3.83. The Morgan fingerprint density at radius 3 is 1.11 bits per heavy atom. The Balaban J connectivity index is 3.49. The highest BCUT2D eigenvalue weighted by molar-refractivity contribution is 6.66. The van der Waals surface area contributed by atoms with E-state index in [1.54, 1.807) is 0 Å². The van der Waals surface area contributed by atoms with Crippen LogP contribution in [0.25, 0.3) is 0 Å². The number of hydrogen-bond acceptors (Lipinski definition) is 0. The third-order valence-corrected chi connectivity index (χ3v) is 2.57. The molecule has 0 heterocycles. The van der Waals surface area contributed by atoms with Gasteiger partial charge in [-0.25, -0.2) is 0 Å². The van der Waals surface area contributed by atoms with E-state index in [1.807, 2.05) is 0 Å². The molecule has 0 amide bonds. The third-order valence-electron chi connectivity index (χ3n) is 1.91. The number of benzene rings is 1. The van der Waals surface area contributed by atoms with E-state index in [0.717, 1.165) is 0 Å². The Morgan fingerprint density at radius 1 is 0.611 bits per heavy atom. The highest BCUT2D eigenvalue weighted by Gasteiger charge is 2.39. The molecular weight excluding hydrogens is 328 g/mol. The molecule has 0 aromatic heterocycles. The number of hydrogen-bond donors (Lipinski definition) is 0. The monoisotopic (exact) mass is 330 g/mol. The van der Waals surface area contributed by atoms with Gasteiger partial charge in [0.15, 0.2) is 0 Å². The number of rotatable bonds is 0. The summed E-state index contributed by atoms with van der Waals surface area (Å²) in [5, 5.41) is 0. The first-order valence-electron chi connectivity index (χ1n) is 4.18. The first kappa shape index (κ1) is 15.7. The summed E-state index contributed by atoms with van der Waals surface area (Å²) in [6.45, 7) is 0. The van der Waals surface area contributed by atoms with Gasteiger partial charge >= 0.3 is 12.4 Å². The van der Waals surface area contributed by atoms with Crippen molar-refractivity contribution in [2.75, 3.05) is 0 Å². The van der Waals surface area contributed by atoms with E-state index >= 15 is 0 Å². The van der Waals surface area contributed by atoms with Crippen LogP contribution in [0.15, 0.2) is 18.2 Å². The van der Waals surface area contributed by atoms with Crippen molar-refractivity contribution >= 4 is 34.8 Å². The highest BCUT2D eigenvalue weighted by atomic mass is 35.6.